The lowest BCUT2D eigenvalue weighted by atomic mass is 10.1. The second-order valence-corrected chi connectivity index (χ2v) is 6.57. The molecule has 4 aromatic rings. The van der Waals surface area contributed by atoms with E-state index in [1.165, 1.54) is 23.1 Å². The Hall–Kier alpha value is -4.26. The van der Waals surface area contributed by atoms with Crippen molar-refractivity contribution >= 4 is 28.5 Å². The highest BCUT2D eigenvalue weighted by Gasteiger charge is 2.16. The zero-order chi connectivity index (χ0) is 21.1. The van der Waals surface area contributed by atoms with Gasteiger partial charge in [0.2, 0.25) is 0 Å². The minimum Gasteiger partial charge on any atom is -0.384 e. The second kappa shape index (κ2) is 8.00. The number of hydrogen-bond acceptors (Lipinski definition) is 8. The Morgan fingerprint density at radius 1 is 1.10 bits per heavy atom. The highest BCUT2D eigenvalue weighted by molar-refractivity contribution is 5.87. The van der Waals surface area contributed by atoms with Crippen molar-refractivity contribution < 1.29 is 4.39 Å². The van der Waals surface area contributed by atoms with E-state index in [0.29, 0.717) is 53.6 Å². The number of nitriles is 1. The highest BCUT2D eigenvalue weighted by Crippen LogP contribution is 2.22. The topological polar surface area (TPSA) is 144 Å². The van der Waals surface area contributed by atoms with Crippen molar-refractivity contribution in [3.05, 3.63) is 59.8 Å². The molecule has 150 valence electrons. The summed E-state index contributed by atoms with van der Waals surface area (Å²) in [5, 5.41) is 18.0. The number of nitrogen functional groups attached to an aromatic ring is 2. The SMILES string of the molecule is N#Cc1c(CCCNc2ncnc3nc(N)ccc23)nn(-c2ccc(F)cc2)c1N. The predicted molar refractivity (Wildman–Crippen MR) is 111 cm³/mol. The van der Waals surface area contributed by atoms with Crippen LogP contribution in [0.4, 0.5) is 21.8 Å². The van der Waals surface area contributed by atoms with Crippen LogP contribution in [0.3, 0.4) is 0 Å². The van der Waals surface area contributed by atoms with Gasteiger partial charge < -0.3 is 16.8 Å². The Balaban J connectivity index is 1.46. The number of benzene rings is 1. The lowest BCUT2D eigenvalue weighted by Gasteiger charge is -2.07. The van der Waals surface area contributed by atoms with Gasteiger partial charge in [-0.2, -0.15) is 10.4 Å². The maximum atomic E-state index is 13.2. The van der Waals surface area contributed by atoms with E-state index in [1.807, 2.05) is 6.07 Å². The molecule has 0 amide bonds. The smallest absolute Gasteiger partial charge is 0.166 e. The largest absolute Gasteiger partial charge is 0.384 e. The number of anilines is 3. The van der Waals surface area contributed by atoms with Crippen molar-refractivity contribution in [1.29, 1.82) is 5.26 Å². The number of pyridine rings is 1. The summed E-state index contributed by atoms with van der Waals surface area (Å²) in [5.41, 5.74) is 13.8. The lowest BCUT2D eigenvalue weighted by Crippen LogP contribution is -2.07. The minimum atomic E-state index is -0.355. The van der Waals surface area contributed by atoms with E-state index in [1.54, 1.807) is 18.2 Å². The van der Waals surface area contributed by atoms with Crippen molar-refractivity contribution in [2.75, 3.05) is 23.3 Å². The predicted octanol–water partition coefficient (Wildman–Crippen LogP) is 2.43. The van der Waals surface area contributed by atoms with Crippen molar-refractivity contribution in [2.45, 2.75) is 12.8 Å². The standard InChI is InChI=1S/C20H18FN9/c21-12-3-5-13(6-4-12)30-18(24)15(10-22)16(29-30)2-1-9-25-19-14-7-8-17(23)28-20(14)27-11-26-19/h3-8,11H,1-2,9,24H2,(H3,23,25,26,27,28). The van der Waals surface area contributed by atoms with Gasteiger partial charge in [-0.15, -0.1) is 0 Å². The van der Waals surface area contributed by atoms with Gasteiger partial charge in [0, 0.05) is 6.54 Å². The summed E-state index contributed by atoms with van der Waals surface area (Å²) in [6.45, 7) is 0.588. The molecule has 0 fully saturated rings. The fourth-order valence-corrected chi connectivity index (χ4v) is 3.11. The van der Waals surface area contributed by atoms with Crippen molar-refractivity contribution in [3.63, 3.8) is 0 Å². The summed E-state index contributed by atoms with van der Waals surface area (Å²) < 4.78 is 14.6. The zero-order valence-corrected chi connectivity index (χ0v) is 15.9. The van der Waals surface area contributed by atoms with Crippen LogP contribution in [0.5, 0.6) is 0 Å². The fraction of sp³-hybridized carbons (Fsp3) is 0.150. The normalized spacial score (nSPS) is 10.8. The number of nitrogens with zero attached hydrogens (tertiary/aromatic N) is 6. The summed E-state index contributed by atoms with van der Waals surface area (Å²) in [5.74, 6) is 0.929. The molecule has 1 aromatic carbocycles. The molecule has 30 heavy (non-hydrogen) atoms. The van der Waals surface area contributed by atoms with Gasteiger partial charge in [-0.1, -0.05) is 0 Å². The van der Waals surface area contributed by atoms with E-state index < -0.39 is 0 Å². The third kappa shape index (κ3) is 3.68. The Bertz CT molecular complexity index is 1240. The van der Waals surface area contributed by atoms with E-state index in [9.17, 15) is 9.65 Å². The number of halogens is 1. The van der Waals surface area contributed by atoms with Crippen LogP contribution in [0.25, 0.3) is 16.7 Å². The van der Waals surface area contributed by atoms with Crippen LogP contribution >= 0.6 is 0 Å². The van der Waals surface area contributed by atoms with Gasteiger partial charge in [0.25, 0.3) is 0 Å². The maximum Gasteiger partial charge on any atom is 0.166 e. The van der Waals surface area contributed by atoms with E-state index in [0.717, 1.165) is 5.39 Å². The van der Waals surface area contributed by atoms with Gasteiger partial charge >= 0.3 is 0 Å². The molecule has 9 nitrogen and oxygen atoms in total. The van der Waals surface area contributed by atoms with Gasteiger partial charge in [0.15, 0.2) is 5.65 Å². The van der Waals surface area contributed by atoms with E-state index in [2.05, 4.69) is 31.4 Å². The molecule has 0 spiro atoms. The van der Waals surface area contributed by atoms with Crippen LogP contribution in [0.1, 0.15) is 17.7 Å². The van der Waals surface area contributed by atoms with Gasteiger partial charge in [0.1, 0.15) is 41.2 Å². The summed E-state index contributed by atoms with van der Waals surface area (Å²) in [6.07, 6.45) is 2.64. The van der Waals surface area contributed by atoms with E-state index in [-0.39, 0.29) is 11.6 Å². The average Bonchev–Trinajstić information content (AvgIpc) is 3.06. The second-order valence-electron chi connectivity index (χ2n) is 6.57. The number of rotatable bonds is 6. The van der Waals surface area contributed by atoms with E-state index in [4.69, 9.17) is 11.5 Å². The monoisotopic (exact) mass is 403 g/mol. The molecule has 0 radical (unpaired) electrons. The Kier molecular flexibility index (Phi) is 5.09. The van der Waals surface area contributed by atoms with Crippen LogP contribution in [0.2, 0.25) is 0 Å². The van der Waals surface area contributed by atoms with Crippen LogP contribution in [0.15, 0.2) is 42.7 Å². The van der Waals surface area contributed by atoms with Crippen LogP contribution in [0, 0.1) is 17.1 Å². The average molecular weight is 403 g/mol. The van der Waals surface area contributed by atoms with Gasteiger partial charge in [-0.05, 0) is 49.2 Å². The molecule has 0 aliphatic heterocycles. The first-order valence-corrected chi connectivity index (χ1v) is 9.21. The Morgan fingerprint density at radius 2 is 1.90 bits per heavy atom. The highest BCUT2D eigenvalue weighted by atomic mass is 19.1. The van der Waals surface area contributed by atoms with Gasteiger partial charge in [-0.25, -0.2) is 24.0 Å². The number of nitrogens with two attached hydrogens (primary N) is 2. The van der Waals surface area contributed by atoms with E-state index >= 15 is 0 Å². The molecule has 3 heterocycles. The molecule has 0 atom stereocenters. The summed E-state index contributed by atoms with van der Waals surface area (Å²) >= 11 is 0. The Labute approximate surface area is 171 Å². The van der Waals surface area contributed by atoms with Crippen molar-refractivity contribution in [1.82, 2.24) is 24.7 Å². The van der Waals surface area contributed by atoms with Crippen LogP contribution in [-0.4, -0.2) is 31.3 Å². The molecular weight excluding hydrogens is 385 g/mol. The molecule has 10 heteroatoms. The van der Waals surface area contributed by atoms with Crippen molar-refractivity contribution in [2.24, 2.45) is 0 Å². The fourth-order valence-electron chi connectivity index (χ4n) is 3.11. The number of fused-ring (bicyclic) bond motifs is 1. The molecule has 4 rings (SSSR count). The number of hydrogen-bond donors (Lipinski definition) is 3. The lowest BCUT2D eigenvalue weighted by molar-refractivity contribution is 0.627. The Morgan fingerprint density at radius 3 is 2.67 bits per heavy atom. The summed E-state index contributed by atoms with van der Waals surface area (Å²) in [4.78, 5) is 12.6. The molecule has 0 unspecified atom stereocenters. The molecule has 0 aliphatic rings. The van der Waals surface area contributed by atoms with Crippen LogP contribution in [-0.2, 0) is 6.42 Å². The molecular formula is C20H18FN9. The maximum absolute atomic E-state index is 13.2. The number of nitrogens with one attached hydrogen (secondary N) is 1. The zero-order valence-electron chi connectivity index (χ0n) is 15.9. The first-order chi connectivity index (χ1) is 14.6. The third-order valence-corrected chi connectivity index (χ3v) is 4.58. The molecule has 5 N–H and O–H groups in total. The van der Waals surface area contributed by atoms with Gasteiger partial charge in [0.05, 0.1) is 16.8 Å². The molecule has 3 aromatic heterocycles. The summed E-state index contributed by atoms with van der Waals surface area (Å²) in [6, 6.07) is 11.4. The first-order valence-electron chi connectivity index (χ1n) is 9.21. The molecule has 0 aliphatic carbocycles. The molecule has 0 bridgehead atoms. The van der Waals surface area contributed by atoms with Gasteiger partial charge in [-0.3, -0.25) is 0 Å². The molecule has 0 saturated heterocycles. The minimum absolute atomic E-state index is 0.234. The summed E-state index contributed by atoms with van der Waals surface area (Å²) in [7, 11) is 0. The number of aryl methyl sites for hydroxylation is 1. The third-order valence-electron chi connectivity index (χ3n) is 4.58. The number of aromatic nitrogens is 5. The quantitative estimate of drug-likeness (QED) is 0.416. The first kappa shape index (κ1) is 19.1. The molecule has 0 saturated carbocycles. The van der Waals surface area contributed by atoms with Crippen LogP contribution < -0.4 is 16.8 Å². The van der Waals surface area contributed by atoms with Crippen molar-refractivity contribution in [3.8, 4) is 11.8 Å².